The Bertz CT molecular complexity index is 2990. The van der Waals surface area contributed by atoms with E-state index < -0.39 is 17.4 Å². The summed E-state index contributed by atoms with van der Waals surface area (Å²) in [6.07, 6.45) is 0. The molecule has 0 bridgehead atoms. The maximum atomic E-state index is 2.89. The zero-order valence-electron chi connectivity index (χ0n) is 48.9. The van der Waals surface area contributed by atoms with Gasteiger partial charge < -0.3 is 0 Å². The second-order valence-electron chi connectivity index (χ2n) is 29.6. The first-order chi connectivity index (χ1) is 32.9. The first-order valence-electron chi connectivity index (χ1n) is 27.2. The Labute approximate surface area is 441 Å². The van der Waals surface area contributed by atoms with E-state index in [1.165, 1.54) is 89.0 Å². The molecule has 0 radical (unpaired) electrons. The number of benzene rings is 6. The van der Waals surface area contributed by atoms with Crippen LogP contribution in [0.15, 0.2) is 132 Å². The number of hydrogen-bond donors (Lipinski definition) is 0. The topological polar surface area (TPSA) is 0 Å². The molecule has 2 atom stereocenters. The van der Waals surface area contributed by atoms with E-state index in [4.69, 9.17) is 0 Å². The third-order valence-corrected chi connectivity index (χ3v) is 34.0. The molecule has 0 amide bonds. The van der Waals surface area contributed by atoms with Crippen LogP contribution in [0.1, 0.15) is 190 Å². The zero-order valence-corrected chi connectivity index (χ0v) is 52.8. The summed E-state index contributed by atoms with van der Waals surface area (Å²) < 4.78 is 6.34. The number of allylic oxidation sites excluding steroid dienone is 4. The Balaban J connectivity index is 1.50. The summed E-state index contributed by atoms with van der Waals surface area (Å²) in [6, 6.07) is 48.5. The second kappa shape index (κ2) is 17.8. The molecule has 2 unspecified atom stereocenters. The number of hydrogen-bond acceptors (Lipinski definition) is 0. The number of fused-ring (bicyclic) bond motifs is 2. The molecular weight excluding hydrogens is 960 g/mol. The van der Waals surface area contributed by atoms with E-state index in [1.54, 1.807) is 22.3 Å². The fourth-order valence-electron chi connectivity index (χ4n) is 13.3. The summed E-state index contributed by atoms with van der Waals surface area (Å²) in [5.41, 5.74) is 28.8. The van der Waals surface area contributed by atoms with Crippen molar-refractivity contribution in [2.24, 2.45) is 10.8 Å². The van der Waals surface area contributed by atoms with Crippen molar-refractivity contribution < 1.29 is 17.4 Å². The minimum absolute atomic E-state index is 0.0678. The van der Waals surface area contributed by atoms with Gasteiger partial charge >= 0.3 is 444 Å². The van der Waals surface area contributed by atoms with E-state index in [-0.39, 0.29) is 39.7 Å². The van der Waals surface area contributed by atoms with Crippen LogP contribution in [0, 0.1) is 10.8 Å². The second-order valence-corrected chi connectivity index (χ2v) is 60.1. The zero-order chi connectivity index (χ0) is 53.3. The van der Waals surface area contributed by atoms with Gasteiger partial charge in [0.1, 0.15) is 0 Å². The predicted molar refractivity (Wildman–Crippen MR) is 319 cm³/mol. The Kier molecular flexibility index (Phi) is 13.4. The van der Waals surface area contributed by atoms with E-state index in [2.05, 4.69) is 276 Å². The van der Waals surface area contributed by atoms with Gasteiger partial charge in [-0.1, -0.05) is 0 Å². The van der Waals surface area contributed by atoms with Gasteiger partial charge in [-0.3, -0.25) is 0 Å². The van der Waals surface area contributed by atoms with Gasteiger partial charge in [-0.15, -0.1) is 0 Å². The molecule has 2 aliphatic rings. The standard InChI is InChI=1S/2C34H41.2CH3.H2Si.Zr/c2*1-22-30(34(8,9)10)21-29-27(23-11-15-25(16-12-23)32(2,3)4)19-20-28(31(22)29)24-13-17-26(18-14-24)33(5,6)7;;;;/h2*11-21H,1-10H3;2*1H3;1H2;. The van der Waals surface area contributed by atoms with Gasteiger partial charge in [0.25, 0.3) is 0 Å². The van der Waals surface area contributed by atoms with Crippen molar-refractivity contribution in [1.29, 1.82) is 0 Å². The molecule has 2 heteroatoms. The summed E-state index contributed by atoms with van der Waals surface area (Å²) in [5.74, 6) is 0. The van der Waals surface area contributed by atoms with Crippen LogP contribution in [0.4, 0.5) is 0 Å². The average molecular weight is 1050 g/mol. The summed E-state index contributed by atoms with van der Waals surface area (Å²) in [4.78, 5) is 0. The molecule has 0 N–H and O–H groups in total. The van der Waals surface area contributed by atoms with E-state index in [0.717, 1.165) is 0 Å². The van der Waals surface area contributed by atoms with Crippen LogP contribution in [0.5, 0.6) is 0 Å². The van der Waals surface area contributed by atoms with E-state index in [9.17, 15) is 0 Å². The minimum atomic E-state index is -4.53. The van der Waals surface area contributed by atoms with E-state index in [0.29, 0.717) is 0 Å². The van der Waals surface area contributed by atoms with Crippen LogP contribution in [0.2, 0.25) is 9.26 Å². The molecule has 0 fully saturated rings. The Morgan fingerprint density at radius 1 is 0.306 bits per heavy atom. The summed E-state index contributed by atoms with van der Waals surface area (Å²) >= 11 is -4.53. The maximum absolute atomic E-state index is 4.53. The van der Waals surface area contributed by atoms with Crippen LogP contribution in [0.25, 0.3) is 55.7 Å². The first-order valence-corrected chi connectivity index (χ1v) is 40.9. The van der Waals surface area contributed by atoms with Gasteiger partial charge in [0.05, 0.1) is 0 Å². The normalized spacial score (nSPS) is 17.2. The van der Waals surface area contributed by atoms with Crippen molar-refractivity contribution in [3.63, 3.8) is 0 Å². The van der Waals surface area contributed by atoms with Gasteiger partial charge in [-0.05, 0) is 0 Å². The van der Waals surface area contributed by atoms with E-state index >= 15 is 0 Å². The average Bonchev–Trinajstić information content (AvgIpc) is 3.79. The fraction of sp³-hybridized carbons (Fsp3) is 0.429. The van der Waals surface area contributed by atoms with Crippen molar-refractivity contribution in [2.75, 3.05) is 0 Å². The third-order valence-electron chi connectivity index (χ3n) is 17.0. The fourth-order valence-corrected chi connectivity index (χ4v) is 32.9. The van der Waals surface area contributed by atoms with Gasteiger partial charge in [0.2, 0.25) is 0 Å². The van der Waals surface area contributed by atoms with Gasteiger partial charge in [-0.2, -0.15) is 0 Å². The summed E-state index contributed by atoms with van der Waals surface area (Å²) in [7, 11) is 0. The molecule has 0 heterocycles. The molecule has 0 aromatic heterocycles. The molecule has 6 aromatic carbocycles. The van der Waals surface area contributed by atoms with Crippen LogP contribution in [-0.4, -0.2) is 6.88 Å². The SMILES string of the molecule is CC1=C(C(C)(C)C)[CH]([Zr]([CH3])([CH3])(=[SiH2])[CH]2C(C(C)(C)C)=C(C)c3c(-c4ccc(C(C)(C)C)cc4)ccc(-c4ccc(C(C)(C)C)cc4)c32)c2c(-c3ccc(C(C)(C)C)cc3)ccc(-c3ccc(C(C)(C)C)cc3)c21. The molecule has 0 saturated heterocycles. The number of rotatable bonds is 6. The molecule has 0 saturated carbocycles. The molecule has 8 rings (SSSR count). The van der Waals surface area contributed by atoms with Gasteiger partial charge in [0, 0.05) is 0 Å². The predicted octanol–water partition coefficient (Wildman–Crippen LogP) is 20.3. The van der Waals surface area contributed by atoms with Crippen LogP contribution < -0.4 is 0 Å². The quantitative estimate of drug-likeness (QED) is 0.146. The van der Waals surface area contributed by atoms with Crippen molar-refractivity contribution in [1.82, 2.24) is 0 Å². The monoisotopic (exact) mass is 1050 g/mol. The van der Waals surface area contributed by atoms with Crippen molar-refractivity contribution >= 4 is 18.0 Å². The molecule has 72 heavy (non-hydrogen) atoms. The van der Waals surface area contributed by atoms with Crippen molar-refractivity contribution in [3.05, 3.63) is 177 Å². The molecule has 0 spiro atoms. The molecule has 0 nitrogen and oxygen atoms in total. The third kappa shape index (κ3) is 9.62. The molecule has 2 aliphatic carbocycles. The molecular formula is C70H90SiZr. The van der Waals surface area contributed by atoms with Gasteiger partial charge in [-0.25, -0.2) is 0 Å². The van der Waals surface area contributed by atoms with Crippen molar-refractivity contribution in [3.8, 4) is 44.5 Å². The first kappa shape index (κ1) is 54.2. The Morgan fingerprint density at radius 2 is 0.514 bits per heavy atom. The molecule has 0 aliphatic heterocycles. The van der Waals surface area contributed by atoms with Crippen LogP contribution in [-0.2, 0) is 39.1 Å². The Morgan fingerprint density at radius 3 is 0.722 bits per heavy atom. The summed E-state index contributed by atoms with van der Waals surface area (Å²) in [5, 5.41) is 0. The molecule has 6 aromatic rings. The van der Waals surface area contributed by atoms with Gasteiger partial charge in [0.15, 0.2) is 0 Å². The molecule has 378 valence electrons. The summed E-state index contributed by atoms with van der Waals surface area (Å²) in [6.45, 7) is 50.6. The van der Waals surface area contributed by atoms with Crippen LogP contribution in [0.3, 0.4) is 0 Å². The Hall–Kier alpha value is -4.10. The van der Waals surface area contributed by atoms with E-state index in [1.807, 2.05) is 0 Å². The van der Waals surface area contributed by atoms with Crippen LogP contribution >= 0.6 is 0 Å². The van der Waals surface area contributed by atoms with Crippen molar-refractivity contribution in [2.45, 2.75) is 177 Å².